The van der Waals surface area contributed by atoms with Gasteiger partial charge in [-0.05, 0) is 40.6 Å². The van der Waals surface area contributed by atoms with Crippen molar-refractivity contribution < 1.29 is 21.9 Å². The monoisotopic (exact) mass is 388 g/mol. The Morgan fingerprint density at radius 2 is 2.00 bits per heavy atom. The number of halogens is 2. The molecule has 1 atom stereocenters. The summed E-state index contributed by atoms with van der Waals surface area (Å²) in [5, 5.41) is 3.88. The molecule has 1 unspecified atom stereocenters. The fraction of sp³-hybridized carbons (Fsp3) is 0.375. The lowest BCUT2D eigenvalue weighted by Crippen LogP contribution is -2.43. The van der Waals surface area contributed by atoms with E-state index in [1.54, 1.807) is 0 Å². The van der Waals surface area contributed by atoms with Crippen LogP contribution in [0.2, 0.25) is 0 Å². The molecule has 0 radical (unpaired) electrons. The van der Waals surface area contributed by atoms with Crippen LogP contribution in [0.25, 0.3) is 0 Å². The van der Waals surface area contributed by atoms with E-state index in [9.17, 15) is 17.2 Å². The van der Waals surface area contributed by atoms with Crippen molar-refractivity contribution in [2.75, 3.05) is 32.8 Å². The molecule has 3 rings (SSSR count). The van der Waals surface area contributed by atoms with Gasteiger partial charge in [-0.1, -0.05) is 0 Å². The van der Waals surface area contributed by atoms with E-state index in [0.717, 1.165) is 17.7 Å². The Bertz CT molecular complexity index is 807. The second-order valence-electron chi connectivity index (χ2n) is 5.65. The number of nitrogens with zero attached hydrogens (tertiary/aromatic N) is 1. The van der Waals surface area contributed by atoms with Gasteiger partial charge in [0.1, 0.15) is 16.5 Å². The second kappa shape index (κ2) is 7.88. The van der Waals surface area contributed by atoms with Crippen molar-refractivity contribution in [2.45, 2.75) is 10.9 Å². The van der Waals surface area contributed by atoms with Gasteiger partial charge >= 0.3 is 0 Å². The fourth-order valence-electron chi connectivity index (χ4n) is 2.76. The molecule has 1 aromatic heterocycles. The highest BCUT2D eigenvalue weighted by Gasteiger charge is 2.26. The van der Waals surface area contributed by atoms with E-state index in [1.165, 1.54) is 11.3 Å². The zero-order chi connectivity index (χ0) is 17.9. The first-order chi connectivity index (χ1) is 12.0. The minimum Gasteiger partial charge on any atom is -0.379 e. The fourth-order valence-corrected chi connectivity index (χ4v) is 4.59. The van der Waals surface area contributed by atoms with Crippen molar-refractivity contribution >= 4 is 21.4 Å². The summed E-state index contributed by atoms with van der Waals surface area (Å²) >= 11 is 1.52. The quantitative estimate of drug-likeness (QED) is 0.826. The molecule has 1 aliphatic rings. The van der Waals surface area contributed by atoms with Crippen LogP contribution in [0, 0.1) is 11.6 Å². The Balaban J connectivity index is 1.79. The molecule has 9 heteroatoms. The van der Waals surface area contributed by atoms with E-state index in [4.69, 9.17) is 4.74 Å². The van der Waals surface area contributed by atoms with Gasteiger partial charge in [0, 0.05) is 25.7 Å². The average Bonchev–Trinajstić information content (AvgIpc) is 3.12. The van der Waals surface area contributed by atoms with Crippen LogP contribution in [-0.2, 0) is 14.8 Å². The van der Waals surface area contributed by atoms with Crippen LogP contribution >= 0.6 is 11.3 Å². The molecule has 0 bridgehead atoms. The van der Waals surface area contributed by atoms with Gasteiger partial charge < -0.3 is 4.74 Å². The minimum absolute atomic E-state index is 0.0645. The molecule has 136 valence electrons. The molecule has 1 saturated heterocycles. The molecule has 1 aliphatic heterocycles. The Hall–Kier alpha value is -1.39. The molecule has 1 N–H and O–H groups in total. The Labute approximate surface area is 149 Å². The lowest BCUT2D eigenvalue weighted by molar-refractivity contribution is 0.0173. The van der Waals surface area contributed by atoms with Gasteiger partial charge in [0.05, 0.1) is 13.2 Å². The molecular formula is C16H18F2N2O3S2. The van der Waals surface area contributed by atoms with Gasteiger partial charge in [-0.2, -0.15) is 11.3 Å². The summed E-state index contributed by atoms with van der Waals surface area (Å²) in [6.07, 6.45) is 0. The number of thiophene rings is 1. The molecule has 5 nitrogen and oxygen atoms in total. The molecule has 1 fully saturated rings. The summed E-state index contributed by atoms with van der Waals surface area (Å²) in [6, 6.07) is 4.12. The molecule has 25 heavy (non-hydrogen) atoms. The van der Waals surface area contributed by atoms with Crippen LogP contribution in [-0.4, -0.2) is 46.2 Å². The van der Waals surface area contributed by atoms with Crippen LogP contribution in [0.1, 0.15) is 11.6 Å². The van der Waals surface area contributed by atoms with E-state index in [-0.39, 0.29) is 12.6 Å². The Morgan fingerprint density at radius 3 is 2.68 bits per heavy atom. The van der Waals surface area contributed by atoms with E-state index >= 15 is 0 Å². The van der Waals surface area contributed by atoms with Gasteiger partial charge in [0.15, 0.2) is 0 Å². The third kappa shape index (κ3) is 4.42. The highest BCUT2D eigenvalue weighted by atomic mass is 32.2. The van der Waals surface area contributed by atoms with Crippen LogP contribution in [0.3, 0.4) is 0 Å². The average molecular weight is 388 g/mol. The maximum Gasteiger partial charge on any atom is 0.243 e. The van der Waals surface area contributed by atoms with Gasteiger partial charge in [-0.3, -0.25) is 4.90 Å². The first kappa shape index (κ1) is 18.4. The van der Waals surface area contributed by atoms with Crippen molar-refractivity contribution in [1.29, 1.82) is 0 Å². The lowest BCUT2D eigenvalue weighted by atomic mass is 10.1. The van der Waals surface area contributed by atoms with E-state index in [1.807, 2.05) is 16.8 Å². The molecular weight excluding hydrogens is 370 g/mol. The number of hydrogen-bond acceptors (Lipinski definition) is 5. The maximum absolute atomic E-state index is 13.8. The van der Waals surface area contributed by atoms with E-state index < -0.39 is 26.6 Å². The first-order valence-corrected chi connectivity index (χ1v) is 10.2. The number of benzene rings is 1. The predicted octanol–water partition coefficient (Wildman–Crippen LogP) is 2.38. The zero-order valence-electron chi connectivity index (χ0n) is 13.3. The van der Waals surface area contributed by atoms with Crippen molar-refractivity contribution in [1.82, 2.24) is 9.62 Å². The number of sulfonamides is 1. The number of nitrogens with one attached hydrogen (secondary N) is 1. The largest absolute Gasteiger partial charge is 0.379 e. The molecule has 2 heterocycles. The van der Waals surface area contributed by atoms with E-state index in [2.05, 4.69) is 9.62 Å². The second-order valence-corrected chi connectivity index (χ2v) is 8.16. The number of hydrogen-bond donors (Lipinski definition) is 1. The lowest BCUT2D eigenvalue weighted by Gasteiger charge is -2.34. The Kier molecular flexibility index (Phi) is 5.80. The molecule has 1 aromatic carbocycles. The van der Waals surface area contributed by atoms with Gasteiger partial charge in [0.25, 0.3) is 0 Å². The summed E-state index contributed by atoms with van der Waals surface area (Å²) in [5.41, 5.74) is 0.981. The van der Waals surface area contributed by atoms with Crippen LogP contribution in [0.4, 0.5) is 8.78 Å². The third-order valence-corrected chi connectivity index (χ3v) is 6.20. The molecule has 0 amide bonds. The highest BCUT2D eigenvalue weighted by molar-refractivity contribution is 7.89. The van der Waals surface area contributed by atoms with E-state index in [0.29, 0.717) is 32.4 Å². The van der Waals surface area contributed by atoms with Crippen molar-refractivity contribution in [3.8, 4) is 0 Å². The molecule has 2 aromatic rings. The topological polar surface area (TPSA) is 58.6 Å². The standard InChI is InChI=1S/C16H18F2N2O3S2/c17-13-1-2-14(18)16(9-13)25(21,22)19-10-15(12-3-8-24-11-12)20-4-6-23-7-5-20/h1-3,8-9,11,15,19H,4-7,10H2. The minimum atomic E-state index is -4.16. The number of ether oxygens (including phenoxy) is 1. The maximum atomic E-state index is 13.8. The highest BCUT2D eigenvalue weighted by Crippen LogP contribution is 2.24. The summed E-state index contributed by atoms with van der Waals surface area (Å²) < 4.78 is 59.7. The third-order valence-electron chi connectivity index (χ3n) is 4.06. The smallest absolute Gasteiger partial charge is 0.243 e. The van der Waals surface area contributed by atoms with Crippen LogP contribution in [0.5, 0.6) is 0 Å². The van der Waals surface area contributed by atoms with Crippen LogP contribution < -0.4 is 4.72 Å². The normalized spacial score (nSPS) is 17.5. The Morgan fingerprint density at radius 1 is 1.24 bits per heavy atom. The van der Waals surface area contributed by atoms with Crippen molar-refractivity contribution in [2.24, 2.45) is 0 Å². The number of morpholine rings is 1. The first-order valence-electron chi connectivity index (χ1n) is 7.76. The summed E-state index contributed by atoms with van der Waals surface area (Å²) in [4.78, 5) is 1.44. The number of rotatable bonds is 6. The van der Waals surface area contributed by atoms with Gasteiger partial charge in [-0.25, -0.2) is 21.9 Å². The van der Waals surface area contributed by atoms with Crippen molar-refractivity contribution in [3.63, 3.8) is 0 Å². The summed E-state index contributed by atoms with van der Waals surface area (Å²) in [6.45, 7) is 2.57. The van der Waals surface area contributed by atoms with Gasteiger partial charge in [-0.15, -0.1) is 0 Å². The SMILES string of the molecule is O=S(=O)(NCC(c1ccsc1)N1CCOCC1)c1cc(F)ccc1F. The molecule has 0 saturated carbocycles. The predicted molar refractivity (Wildman–Crippen MR) is 91.0 cm³/mol. The van der Waals surface area contributed by atoms with Crippen molar-refractivity contribution in [3.05, 3.63) is 52.2 Å². The molecule has 0 aliphatic carbocycles. The molecule has 0 spiro atoms. The zero-order valence-corrected chi connectivity index (χ0v) is 15.0. The van der Waals surface area contributed by atoms with Crippen LogP contribution in [0.15, 0.2) is 39.9 Å². The summed E-state index contributed by atoms with van der Waals surface area (Å²) in [5.74, 6) is -1.78. The van der Waals surface area contributed by atoms with Gasteiger partial charge in [0.2, 0.25) is 10.0 Å². The summed E-state index contributed by atoms with van der Waals surface area (Å²) in [7, 11) is -4.16.